The van der Waals surface area contributed by atoms with Crippen LogP contribution in [0, 0.1) is 16.7 Å². The van der Waals surface area contributed by atoms with Crippen LogP contribution in [0.4, 0.5) is 11.4 Å². The van der Waals surface area contributed by atoms with Crippen molar-refractivity contribution in [2.24, 2.45) is 5.41 Å². The second-order valence-electron chi connectivity index (χ2n) is 18.6. The number of aliphatic hydroxyl groups is 1. The molecule has 4 aromatic carbocycles. The van der Waals surface area contributed by atoms with Crippen LogP contribution in [0.1, 0.15) is 70.4 Å². The average molecular weight is 973 g/mol. The van der Waals surface area contributed by atoms with Gasteiger partial charge in [-0.15, -0.1) is 0 Å². The second kappa shape index (κ2) is 20.9. The van der Waals surface area contributed by atoms with Gasteiger partial charge in [0.25, 0.3) is 5.91 Å². The van der Waals surface area contributed by atoms with Gasteiger partial charge in [0, 0.05) is 37.4 Å². The molecule has 17 heteroatoms. The number of aliphatic hydroxyl groups excluding tert-OH is 1. The molecular formula is C52H54ClN7O8S. The standard InChI is InChI=1S/C52H54ClN7O8S/c1-51(2,3)46(48(64)58-30-40(61)26-43(58)47(63)56-28-33-7-9-36(10-8-33)44-29-55-32-68-44)57-45(62)31-66-23-4-5-24-67-41-19-14-35(15-20-41)34-11-16-38(17-12-34)60-50(69)59(49(65)52(60)21-6-22-52)39-18-13-37(27-54)42(53)25-39/h7-20,25,29,32,40,43,46,61H,4-6,21-24,26,28,30-31H2,1-3H3,(H,56,63)(H,57,62)/t40-,43+,46?/m1/s1. The molecule has 8 rings (SSSR count). The minimum absolute atomic E-state index is 0.0252. The lowest BCUT2D eigenvalue weighted by molar-refractivity contribution is -0.144. The van der Waals surface area contributed by atoms with E-state index in [4.69, 9.17) is 37.7 Å². The smallest absolute Gasteiger partial charge is 0.259 e. The number of likely N-dealkylation sites (tertiary alicyclic amines) is 1. The van der Waals surface area contributed by atoms with Crippen molar-refractivity contribution >= 4 is 63.9 Å². The maximum Gasteiger partial charge on any atom is 0.259 e. The van der Waals surface area contributed by atoms with Crippen LogP contribution in [0.2, 0.25) is 5.02 Å². The molecular weight excluding hydrogens is 918 g/mol. The summed E-state index contributed by atoms with van der Waals surface area (Å²) in [4.78, 5) is 63.1. The number of nitrogens with zero attached hydrogens (tertiary/aromatic N) is 5. The highest BCUT2D eigenvalue weighted by atomic mass is 35.5. The van der Waals surface area contributed by atoms with Gasteiger partial charge >= 0.3 is 0 Å². The number of hydrogen-bond acceptors (Lipinski definition) is 11. The van der Waals surface area contributed by atoms with E-state index in [1.807, 2.05) is 98.5 Å². The van der Waals surface area contributed by atoms with E-state index in [0.717, 1.165) is 34.4 Å². The molecule has 2 aliphatic heterocycles. The van der Waals surface area contributed by atoms with Gasteiger partial charge in [0.15, 0.2) is 17.3 Å². The number of unbranched alkanes of at least 4 members (excludes halogenated alkanes) is 1. The predicted octanol–water partition coefficient (Wildman–Crippen LogP) is 7.58. The average Bonchev–Trinajstić information content (AvgIpc) is 4.06. The summed E-state index contributed by atoms with van der Waals surface area (Å²) in [6.45, 7) is 6.19. The van der Waals surface area contributed by atoms with Crippen LogP contribution < -0.4 is 25.2 Å². The molecule has 3 heterocycles. The maximum atomic E-state index is 14.0. The highest BCUT2D eigenvalue weighted by Crippen LogP contribution is 2.48. The molecule has 4 amide bonds. The largest absolute Gasteiger partial charge is 0.494 e. The van der Waals surface area contributed by atoms with Gasteiger partial charge in [-0.1, -0.05) is 80.9 Å². The van der Waals surface area contributed by atoms with Gasteiger partial charge in [0.1, 0.15) is 36.0 Å². The van der Waals surface area contributed by atoms with E-state index in [0.29, 0.717) is 66.8 Å². The molecule has 5 aromatic rings. The van der Waals surface area contributed by atoms with Crippen molar-refractivity contribution in [2.45, 2.75) is 89.6 Å². The molecule has 2 saturated heterocycles. The molecule has 3 atom stereocenters. The number of rotatable bonds is 17. The van der Waals surface area contributed by atoms with Crippen LogP contribution in [-0.4, -0.2) is 93.8 Å². The van der Waals surface area contributed by atoms with Crippen molar-refractivity contribution in [3.63, 3.8) is 0 Å². The molecule has 3 fully saturated rings. The summed E-state index contributed by atoms with van der Waals surface area (Å²) in [5.41, 5.74) is 3.91. The SMILES string of the molecule is CC(C)(C)C(NC(=O)COCCCCOc1ccc(-c2ccc(N3C(=S)N(c4ccc(C#N)c(Cl)c4)C(=O)C34CCC4)cc2)cc1)C(=O)N1C[C@H](O)C[C@H]1C(=O)NCc1ccc(-c2cnco2)cc1. The fourth-order valence-electron chi connectivity index (χ4n) is 8.92. The van der Waals surface area contributed by atoms with E-state index in [1.165, 1.54) is 16.2 Å². The van der Waals surface area contributed by atoms with E-state index in [9.17, 15) is 29.5 Å². The first-order chi connectivity index (χ1) is 33.2. The molecule has 358 valence electrons. The van der Waals surface area contributed by atoms with Crippen molar-refractivity contribution in [3.05, 3.63) is 120 Å². The van der Waals surface area contributed by atoms with E-state index in [-0.39, 0.29) is 37.0 Å². The van der Waals surface area contributed by atoms with Gasteiger partial charge in [-0.05, 0) is 109 Å². The van der Waals surface area contributed by atoms with Gasteiger partial charge in [-0.2, -0.15) is 5.26 Å². The number of carbonyl (C=O) groups excluding carboxylic acids is 4. The minimum atomic E-state index is -0.966. The molecule has 0 radical (unpaired) electrons. The summed E-state index contributed by atoms with van der Waals surface area (Å²) >= 11 is 12.2. The Bertz CT molecular complexity index is 2720. The van der Waals surface area contributed by atoms with Gasteiger partial charge in [0.2, 0.25) is 17.7 Å². The molecule has 69 heavy (non-hydrogen) atoms. The van der Waals surface area contributed by atoms with Crippen molar-refractivity contribution in [1.82, 2.24) is 20.5 Å². The fraction of sp³-hybridized carbons (Fsp3) is 0.365. The third-order valence-corrected chi connectivity index (χ3v) is 13.5. The second-order valence-corrected chi connectivity index (χ2v) is 19.4. The van der Waals surface area contributed by atoms with Crippen molar-refractivity contribution in [3.8, 4) is 34.3 Å². The highest BCUT2D eigenvalue weighted by molar-refractivity contribution is 7.81. The third-order valence-electron chi connectivity index (χ3n) is 12.8. The maximum absolute atomic E-state index is 14.0. The first-order valence-electron chi connectivity index (χ1n) is 23.0. The first-order valence-corrected chi connectivity index (χ1v) is 23.8. The Balaban J connectivity index is 0.763. The van der Waals surface area contributed by atoms with Gasteiger partial charge < -0.3 is 39.4 Å². The molecule has 1 aliphatic carbocycles. The monoisotopic (exact) mass is 971 g/mol. The number of oxazole rings is 1. The molecule has 1 spiro atoms. The number of nitrogens with one attached hydrogen (secondary N) is 2. The Morgan fingerprint density at radius 3 is 2.26 bits per heavy atom. The Hall–Kier alpha value is -6.64. The number of aromatic nitrogens is 1. The Morgan fingerprint density at radius 2 is 1.64 bits per heavy atom. The Morgan fingerprint density at radius 1 is 0.971 bits per heavy atom. The number of anilines is 2. The summed E-state index contributed by atoms with van der Waals surface area (Å²) < 4.78 is 17.0. The number of benzene rings is 4. The zero-order chi connectivity index (χ0) is 48.9. The van der Waals surface area contributed by atoms with Crippen LogP contribution >= 0.6 is 23.8 Å². The van der Waals surface area contributed by atoms with E-state index >= 15 is 0 Å². The minimum Gasteiger partial charge on any atom is -0.494 e. The molecule has 1 aromatic heterocycles. The number of amides is 4. The van der Waals surface area contributed by atoms with Crippen LogP contribution in [-0.2, 0) is 30.5 Å². The Labute approximate surface area is 411 Å². The number of hydrogen-bond donors (Lipinski definition) is 3. The lowest BCUT2D eigenvalue weighted by Gasteiger charge is -2.43. The zero-order valence-electron chi connectivity index (χ0n) is 38.7. The fourth-order valence-corrected chi connectivity index (χ4v) is 9.61. The Kier molecular flexibility index (Phi) is 14.8. The van der Waals surface area contributed by atoms with Crippen LogP contribution in [0.25, 0.3) is 22.5 Å². The van der Waals surface area contributed by atoms with Crippen molar-refractivity contribution < 1.29 is 38.2 Å². The summed E-state index contributed by atoms with van der Waals surface area (Å²) in [6, 6.07) is 28.3. The quantitative estimate of drug-likeness (QED) is 0.0613. The lowest BCUT2D eigenvalue weighted by Crippen LogP contribution is -2.58. The first kappa shape index (κ1) is 48.8. The van der Waals surface area contributed by atoms with Crippen molar-refractivity contribution in [2.75, 3.05) is 36.2 Å². The summed E-state index contributed by atoms with van der Waals surface area (Å²) in [5.74, 6) is -0.0446. The number of carbonyl (C=O) groups is 4. The predicted molar refractivity (Wildman–Crippen MR) is 264 cm³/mol. The summed E-state index contributed by atoms with van der Waals surface area (Å²) in [7, 11) is 0. The van der Waals surface area contributed by atoms with E-state index in [2.05, 4.69) is 21.7 Å². The highest BCUT2D eigenvalue weighted by Gasteiger charge is 2.59. The number of thiocarbonyl (C=S) groups is 1. The van der Waals surface area contributed by atoms with Crippen LogP contribution in [0.15, 0.2) is 108 Å². The number of β-amino-alcohol motifs (C(OH)–C–C–N with tert-alkyl or cyclic N) is 1. The molecule has 3 aliphatic rings. The number of nitriles is 1. The number of halogens is 1. The molecule has 15 nitrogen and oxygen atoms in total. The van der Waals surface area contributed by atoms with Crippen LogP contribution in [0.5, 0.6) is 5.75 Å². The van der Waals surface area contributed by atoms with Gasteiger partial charge in [-0.25, -0.2) is 4.98 Å². The zero-order valence-corrected chi connectivity index (χ0v) is 40.2. The van der Waals surface area contributed by atoms with E-state index in [1.54, 1.807) is 24.4 Å². The molecule has 1 saturated carbocycles. The normalized spacial score (nSPS) is 17.9. The molecule has 1 unspecified atom stereocenters. The summed E-state index contributed by atoms with van der Waals surface area (Å²) in [5, 5.41) is 26.2. The summed E-state index contributed by atoms with van der Waals surface area (Å²) in [6.07, 6.45) is 5.79. The topological polar surface area (TPSA) is 191 Å². The van der Waals surface area contributed by atoms with Gasteiger partial charge in [0.05, 0.1) is 35.2 Å². The number of ether oxygens (including phenoxy) is 2. The van der Waals surface area contributed by atoms with Crippen LogP contribution in [0.3, 0.4) is 0 Å². The van der Waals surface area contributed by atoms with Crippen molar-refractivity contribution in [1.29, 1.82) is 5.26 Å². The van der Waals surface area contributed by atoms with E-state index < -0.39 is 46.9 Å². The molecule has 0 bridgehead atoms. The molecule has 3 N–H and O–H groups in total. The lowest BCUT2D eigenvalue weighted by atomic mass is 9.75. The third kappa shape index (κ3) is 10.7. The van der Waals surface area contributed by atoms with Gasteiger partial charge in [-0.3, -0.25) is 24.1 Å².